The zero-order chi connectivity index (χ0) is 19.4. The fourth-order valence-electron chi connectivity index (χ4n) is 6.49. The maximum atomic E-state index is 13.5. The zero-order valence-corrected chi connectivity index (χ0v) is 17.7. The van der Waals surface area contributed by atoms with Gasteiger partial charge in [0.25, 0.3) is 5.91 Å². The third-order valence-corrected chi connectivity index (χ3v) is 8.81. The van der Waals surface area contributed by atoms with Gasteiger partial charge >= 0.3 is 0 Å². The lowest BCUT2D eigenvalue weighted by molar-refractivity contribution is 0.0181. The molecule has 29 heavy (non-hydrogen) atoms. The number of piperidine rings is 2. The van der Waals surface area contributed by atoms with Crippen molar-refractivity contribution in [2.24, 2.45) is 5.92 Å². The van der Waals surface area contributed by atoms with Crippen LogP contribution >= 0.6 is 11.3 Å². The SMILES string of the molecule is O=C(N[C@@H]1C2CN3CCN(C2)CC1(c1ccccc1)C3)c1scc2c1CCCC2. The number of fused-ring (bicyclic) bond motifs is 2. The van der Waals surface area contributed by atoms with Crippen molar-refractivity contribution < 1.29 is 4.79 Å². The summed E-state index contributed by atoms with van der Waals surface area (Å²) in [6.07, 6.45) is 4.69. The molecule has 1 aromatic carbocycles. The van der Waals surface area contributed by atoms with E-state index in [4.69, 9.17) is 0 Å². The number of rotatable bonds is 3. The predicted octanol–water partition coefficient (Wildman–Crippen LogP) is 2.92. The van der Waals surface area contributed by atoms with Crippen LogP contribution in [0.25, 0.3) is 0 Å². The van der Waals surface area contributed by atoms with Crippen LogP contribution in [0.1, 0.15) is 39.2 Å². The van der Waals surface area contributed by atoms with E-state index < -0.39 is 0 Å². The summed E-state index contributed by atoms with van der Waals surface area (Å²) in [5, 5.41) is 5.83. The van der Waals surface area contributed by atoms with Crippen LogP contribution in [0.3, 0.4) is 0 Å². The number of nitrogens with zero attached hydrogens (tertiary/aromatic N) is 2. The van der Waals surface area contributed by atoms with Crippen molar-refractivity contribution in [1.82, 2.24) is 15.1 Å². The van der Waals surface area contributed by atoms with Crippen molar-refractivity contribution in [2.45, 2.75) is 37.1 Å². The van der Waals surface area contributed by atoms with Crippen LogP contribution < -0.4 is 5.32 Å². The number of hydrogen-bond acceptors (Lipinski definition) is 4. The van der Waals surface area contributed by atoms with E-state index in [1.54, 1.807) is 11.3 Å². The lowest BCUT2D eigenvalue weighted by Gasteiger charge is -2.55. The van der Waals surface area contributed by atoms with Gasteiger partial charge in [-0.1, -0.05) is 30.3 Å². The molecule has 0 radical (unpaired) electrons. The minimum absolute atomic E-state index is 0.00803. The summed E-state index contributed by atoms with van der Waals surface area (Å²) in [6, 6.07) is 11.2. The summed E-state index contributed by atoms with van der Waals surface area (Å²) >= 11 is 1.67. The topological polar surface area (TPSA) is 35.6 Å². The lowest BCUT2D eigenvalue weighted by Crippen LogP contribution is -2.70. The first-order chi connectivity index (χ1) is 14.2. The van der Waals surface area contributed by atoms with Gasteiger partial charge in [0.15, 0.2) is 0 Å². The van der Waals surface area contributed by atoms with Gasteiger partial charge in [0.2, 0.25) is 0 Å². The van der Waals surface area contributed by atoms with Crippen molar-refractivity contribution in [1.29, 1.82) is 0 Å². The first kappa shape index (κ1) is 18.1. The molecule has 1 amide bonds. The second kappa shape index (κ2) is 6.93. The molecule has 1 N–H and O–H groups in total. The molecule has 152 valence electrons. The quantitative estimate of drug-likeness (QED) is 0.850. The molecular formula is C24H29N3OS. The molecule has 5 heteroatoms. The van der Waals surface area contributed by atoms with Gasteiger partial charge in [0.1, 0.15) is 0 Å². The molecule has 7 rings (SSSR count). The van der Waals surface area contributed by atoms with E-state index >= 15 is 0 Å². The van der Waals surface area contributed by atoms with E-state index in [2.05, 4.69) is 50.8 Å². The average molecular weight is 408 g/mol. The van der Waals surface area contributed by atoms with Crippen LogP contribution in [-0.2, 0) is 18.3 Å². The molecule has 5 heterocycles. The lowest BCUT2D eigenvalue weighted by atomic mass is 9.64. The summed E-state index contributed by atoms with van der Waals surface area (Å²) < 4.78 is 0. The summed E-state index contributed by atoms with van der Waals surface area (Å²) in [6.45, 7) is 6.64. The standard InChI is InChI=1S/C24H29N3OS/c28-23(21-20-9-5-4-6-17(20)14-29-21)25-22-18-12-26-10-11-27(13-18)16-24(22,15-26)19-7-2-1-3-8-19/h1-3,7-8,14,18,22H,4-6,9-13,15-16H2,(H,25,28)/t18?,22-,24?/m1/s1. The Morgan fingerprint density at radius 3 is 2.52 bits per heavy atom. The second-order valence-corrected chi connectivity index (χ2v) is 10.4. The molecule has 1 aliphatic carbocycles. The largest absolute Gasteiger partial charge is 0.347 e. The summed E-state index contributed by atoms with van der Waals surface area (Å²) in [5.74, 6) is 0.676. The van der Waals surface area contributed by atoms with Crippen LogP contribution in [-0.4, -0.2) is 61.0 Å². The second-order valence-electron chi connectivity index (χ2n) is 9.48. The van der Waals surface area contributed by atoms with Gasteiger partial charge in [0, 0.05) is 56.6 Å². The van der Waals surface area contributed by atoms with Crippen LogP contribution in [0.2, 0.25) is 0 Å². The summed E-state index contributed by atoms with van der Waals surface area (Å²) in [7, 11) is 0. The monoisotopic (exact) mass is 407 g/mol. The summed E-state index contributed by atoms with van der Waals surface area (Å²) in [4.78, 5) is 19.8. The first-order valence-electron chi connectivity index (χ1n) is 11.1. The minimum atomic E-state index is -0.00803. The molecule has 3 atom stereocenters. The Kier molecular flexibility index (Phi) is 4.33. The fourth-order valence-corrected chi connectivity index (χ4v) is 7.55. The molecule has 4 fully saturated rings. The van der Waals surface area contributed by atoms with Gasteiger partial charge in [-0.2, -0.15) is 0 Å². The Balaban J connectivity index is 1.37. The van der Waals surface area contributed by atoms with Crippen LogP contribution in [0, 0.1) is 5.92 Å². The maximum absolute atomic E-state index is 13.5. The van der Waals surface area contributed by atoms with Gasteiger partial charge in [-0.3, -0.25) is 4.79 Å². The molecule has 4 aliphatic heterocycles. The van der Waals surface area contributed by atoms with Gasteiger partial charge in [0.05, 0.1) is 4.88 Å². The van der Waals surface area contributed by atoms with Gasteiger partial charge in [-0.15, -0.1) is 11.3 Å². The molecule has 2 aromatic rings. The van der Waals surface area contributed by atoms with Gasteiger partial charge in [-0.05, 0) is 47.8 Å². The molecule has 1 aromatic heterocycles. The van der Waals surface area contributed by atoms with Crippen LogP contribution in [0.4, 0.5) is 0 Å². The highest BCUT2D eigenvalue weighted by Gasteiger charge is 2.55. The molecule has 0 saturated carbocycles. The van der Waals surface area contributed by atoms with E-state index in [1.165, 1.54) is 29.5 Å². The van der Waals surface area contributed by atoms with Crippen LogP contribution in [0.5, 0.6) is 0 Å². The van der Waals surface area contributed by atoms with E-state index in [1.807, 2.05) is 0 Å². The fraction of sp³-hybridized carbons (Fsp3) is 0.542. The molecule has 4 saturated heterocycles. The number of aryl methyl sites for hydroxylation is 1. The Morgan fingerprint density at radius 1 is 1.03 bits per heavy atom. The highest BCUT2D eigenvalue weighted by Crippen LogP contribution is 2.43. The Labute approximate surface area is 176 Å². The van der Waals surface area contributed by atoms with Crippen LogP contribution in [0.15, 0.2) is 35.7 Å². The number of benzene rings is 1. The van der Waals surface area contributed by atoms with Crippen molar-refractivity contribution in [2.75, 3.05) is 39.3 Å². The molecule has 4 nitrogen and oxygen atoms in total. The first-order valence-corrected chi connectivity index (χ1v) is 12.0. The van der Waals surface area contributed by atoms with Crippen molar-refractivity contribution >= 4 is 17.2 Å². The zero-order valence-electron chi connectivity index (χ0n) is 16.9. The van der Waals surface area contributed by atoms with E-state index in [-0.39, 0.29) is 17.4 Å². The van der Waals surface area contributed by atoms with E-state index in [0.717, 1.165) is 57.0 Å². The molecular weight excluding hydrogens is 378 g/mol. The van der Waals surface area contributed by atoms with Crippen molar-refractivity contribution in [3.8, 4) is 0 Å². The van der Waals surface area contributed by atoms with Crippen molar-refractivity contribution in [3.05, 3.63) is 57.3 Å². The number of nitrogens with one attached hydrogen (secondary N) is 1. The third-order valence-electron chi connectivity index (χ3n) is 7.74. The highest BCUT2D eigenvalue weighted by atomic mass is 32.1. The average Bonchev–Trinajstić information content (AvgIpc) is 3.02. The molecule has 4 bridgehead atoms. The molecule has 5 aliphatic rings. The Bertz CT molecular complexity index is 907. The molecule has 2 unspecified atom stereocenters. The van der Waals surface area contributed by atoms with Crippen molar-refractivity contribution in [3.63, 3.8) is 0 Å². The predicted molar refractivity (Wildman–Crippen MR) is 117 cm³/mol. The highest BCUT2D eigenvalue weighted by molar-refractivity contribution is 7.12. The van der Waals surface area contributed by atoms with Gasteiger partial charge < -0.3 is 15.1 Å². The number of carbonyl (C=O) groups is 1. The van der Waals surface area contributed by atoms with Gasteiger partial charge in [-0.25, -0.2) is 0 Å². The molecule has 0 spiro atoms. The normalized spacial score (nSPS) is 35.2. The summed E-state index contributed by atoms with van der Waals surface area (Å²) in [5.41, 5.74) is 4.13. The number of hydrogen-bond donors (Lipinski definition) is 1. The Hall–Kier alpha value is -1.69. The Morgan fingerprint density at radius 2 is 1.76 bits per heavy atom. The maximum Gasteiger partial charge on any atom is 0.261 e. The third kappa shape index (κ3) is 2.89. The van der Waals surface area contributed by atoms with E-state index in [0.29, 0.717) is 5.92 Å². The number of thiophene rings is 1. The number of amides is 1. The minimum Gasteiger partial charge on any atom is -0.347 e. The smallest absolute Gasteiger partial charge is 0.261 e. The number of carbonyl (C=O) groups excluding carboxylic acids is 1. The van der Waals surface area contributed by atoms with E-state index in [9.17, 15) is 4.79 Å².